The molecule has 0 aliphatic carbocycles. The average molecular weight is 318 g/mol. The molecule has 116 valence electrons. The van der Waals surface area contributed by atoms with Crippen molar-refractivity contribution < 1.29 is 4.74 Å². The van der Waals surface area contributed by atoms with Crippen LogP contribution in [0.1, 0.15) is 24.1 Å². The zero-order valence-corrected chi connectivity index (χ0v) is 13.5. The Balaban J connectivity index is 1.51. The molecule has 3 heterocycles. The van der Waals surface area contributed by atoms with Crippen LogP contribution in [-0.2, 0) is 6.54 Å². The molecule has 22 heavy (non-hydrogen) atoms. The minimum Gasteiger partial charge on any atom is -0.489 e. The van der Waals surface area contributed by atoms with E-state index in [2.05, 4.69) is 27.9 Å². The monoisotopic (exact) mass is 317 g/mol. The molecule has 2 aromatic heterocycles. The van der Waals surface area contributed by atoms with Gasteiger partial charge in [-0.2, -0.15) is 0 Å². The number of nitrogens with zero attached hydrogens (tertiary/aromatic N) is 3. The molecule has 1 aliphatic rings. The number of halogens is 1. The number of ether oxygens (including phenoxy) is 1. The van der Waals surface area contributed by atoms with Gasteiger partial charge in [-0.3, -0.25) is 14.9 Å². The summed E-state index contributed by atoms with van der Waals surface area (Å²) >= 11 is 5.93. The van der Waals surface area contributed by atoms with Crippen LogP contribution in [0.3, 0.4) is 0 Å². The molecule has 0 N–H and O–H groups in total. The molecule has 1 saturated heterocycles. The van der Waals surface area contributed by atoms with E-state index >= 15 is 0 Å². The quantitative estimate of drug-likeness (QED) is 0.865. The van der Waals surface area contributed by atoms with Crippen molar-refractivity contribution in [2.24, 2.45) is 0 Å². The van der Waals surface area contributed by atoms with E-state index in [1.54, 1.807) is 12.4 Å². The highest BCUT2D eigenvalue weighted by Gasteiger charge is 2.21. The fourth-order valence-electron chi connectivity index (χ4n) is 2.76. The number of rotatable bonds is 4. The first kappa shape index (κ1) is 15.3. The highest BCUT2D eigenvalue weighted by molar-refractivity contribution is 6.30. The minimum atomic E-state index is 0.242. The molecular formula is C17H20ClN3O. The van der Waals surface area contributed by atoms with Gasteiger partial charge in [0, 0.05) is 43.8 Å². The Labute approximate surface area is 136 Å². The topological polar surface area (TPSA) is 38.2 Å². The molecule has 0 amide bonds. The lowest BCUT2D eigenvalue weighted by Gasteiger charge is -2.32. The third-order valence-corrected chi connectivity index (χ3v) is 4.23. The molecule has 4 nitrogen and oxygen atoms in total. The van der Waals surface area contributed by atoms with E-state index in [9.17, 15) is 0 Å². The van der Waals surface area contributed by atoms with Gasteiger partial charge < -0.3 is 4.74 Å². The summed E-state index contributed by atoms with van der Waals surface area (Å²) in [5.41, 5.74) is 2.42. The third kappa shape index (κ3) is 3.96. The zero-order valence-electron chi connectivity index (χ0n) is 12.7. The van der Waals surface area contributed by atoms with E-state index in [0.29, 0.717) is 5.02 Å². The fourth-order valence-corrected chi connectivity index (χ4v) is 2.92. The minimum absolute atomic E-state index is 0.242. The summed E-state index contributed by atoms with van der Waals surface area (Å²) in [6.07, 6.45) is 7.46. The van der Waals surface area contributed by atoms with Crippen LogP contribution >= 0.6 is 11.6 Å². The van der Waals surface area contributed by atoms with E-state index in [1.807, 2.05) is 18.3 Å². The number of likely N-dealkylation sites (tertiary alicyclic amines) is 1. The van der Waals surface area contributed by atoms with Gasteiger partial charge in [0.2, 0.25) is 0 Å². The highest BCUT2D eigenvalue weighted by Crippen LogP contribution is 2.22. The molecule has 0 aromatic carbocycles. The van der Waals surface area contributed by atoms with Crippen molar-refractivity contribution in [3.8, 4) is 5.75 Å². The summed E-state index contributed by atoms with van der Waals surface area (Å²) in [4.78, 5) is 10.9. The van der Waals surface area contributed by atoms with Crippen molar-refractivity contribution in [2.45, 2.75) is 32.4 Å². The van der Waals surface area contributed by atoms with Gasteiger partial charge in [0.15, 0.2) is 0 Å². The lowest BCUT2D eigenvalue weighted by molar-refractivity contribution is 0.0963. The maximum atomic E-state index is 5.97. The molecule has 2 aromatic rings. The van der Waals surface area contributed by atoms with Crippen molar-refractivity contribution in [1.82, 2.24) is 14.9 Å². The normalized spacial score (nSPS) is 16.6. The first-order valence-electron chi connectivity index (χ1n) is 7.61. The standard InChI is InChI=1S/C17H20ClN3O/c1-13-14(3-2-6-20-13)12-21-7-4-16(5-8-21)22-17-9-15(18)10-19-11-17/h2-3,6,9-11,16H,4-5,7-8,12H2,1H3. The van der Waals surface area contributed by atoms with Gasteiger partial charge in [0.25, 0.3) is 0 Å². The van der Waals surface area contributed by atoms with Gasteiger partial charge in [-0.25, -0.2) is 0 Å². The Hall–Kier alpha value is -1.65. The molecule has 0 radical (unpaired) electrons. The van der Waals surface area contributed by atoms with Crippen molar-refractivity contribution in [3.05, 3.63) is 53.1 Å². The molecule has 0 atom stereocenters. The van der Waals surface area contributed by atoms with Gasteiger partial charge in [0.1, 0.15) is 11.9 Å². The van der Waals surface area contributed by atoms with Crippen LogP contribution in [0.25, 0.3) is 0 Å². The molecule has 3 rings (SSSR count). The number of aromatic nitrogens is 2. The van der Waals surface area contributed by atoms with Crippen molar-refractivity contribution in [2.75, 3.05) is 13.1 Å². The summed E-state index contributed by atoms with van der Waals surface area (Å²) in [5, 5.41) is 0.613. The van der Waals surface area contributed by atoms with Gasteiger partial charge in [-0.05, 0) is 31.4 Å². The van der Waals surface area contributed by atoms with Crippen molar-refractivity contribution in [3.63, 3.8) is 0 Å². The molecule has 1 aliphatic heterocycles. The Bertz CT molecular complexity index is 627. The zero-order chi connectivity index (χ0) is 15.4. The van der Waals surface area contributed by atoms with Crippen LogP contribution in [0.4, 0.5) is 0 Å². The van der Waals surface area contributed by atoms with Crippen LogP contribution in [0.15, 0.2) is 36.8 Å². The highest BCUT2D eigenvalue weighted by atomic mass is 35.5. The lowest BCUT2D eigenvalue weighted by atomic mass is 10.1. The first-order valence-corrected chi connectivity index (χ1v) is 7.98. The lowest BCUT2D eigenvalue weighted by Crippen LogP contribution is -2.38. The number of hydrogen-bond acceptors (Lipinski definition) is 4. The van der Waals surface area contributed by atoms with E-state index < -0.39 is 0 Å². The largest absolute Gasteiger partial charge is 0.489 e. The third-order valence-electron chi connectivity index (χ3n) is 4.03. The Kier molecular flexibility index (Phi) is 4.90. The van der Waals surface area contributed by atoms with Crippen LogP contribution < -0.4 is 4.74 Å². The van der Waals surface area contributed by atoms with Gasteiger partial charge in [-0.1, -0.05) is 17.7 Å². The van der Waals surface area contributed by atoms with Crippen LogP contribution in [-0.4, -0.2) is 34.1 Å². The summed E-state index contributed by atoms with van der Waals surface area (Å²) in [6.45, 7) is 5.10. The predicted molar refractivity (Wildman–Crippen MR) is 87.1 cm³/mol. The second-order valence-electron chi connectivity index (χ2n) is 5.68. The summed E-state index contributed by atoms with van der Waals surface area (Å²) < 4.78 is 5.97. The van der Waals surface area contributed by atoms with Gasteiger partial charge in [0.05, 0.1) is 11.2 Å². The van der Waals surface area contributed by atoms with Gasteiger partial charge >= 0.3 is 0 Å². The number of pyridine rings is 2. The molecule has 0 spiro atoms. The predicted octanol–water partition coefficient (Wildman–Crippen LogP) is 3.48. The van der Waals surface area contributed by atoms with E-state index in [0.717, 1.165) is 43.9 Å². The van der Waals surface area contributed by atoms with Crippen LogP contribution in [0, 0.1) is 6.92 Å². The molecule has 0 saturated carbocycles. The van der Waals surface area contributed by atoms with E-state index in [1.165, 1.54) is 5.56 Å². The SMILES string of the molecule is Cc1ncccc1CN1CCC(Oc2cncc(Cl)c2)CC1. The van der Waals surface area contributed by atoms with Crippen molar-refractivity contribution >= 4 is 11.6 Å². The second-order valence-corrected chi connectivity index (χ2v) is 6.12. The molecule has 0 bridgehead atoms. The maximum Gasteiger partial charge on any atom is 0.139 e. The smallest absolute Gasteiger partial charge is 0.139 e. The van der Waals surface area contributed by atoms with Crippen LogP contribution in [0.5, 0.6) is 5.75 Å². The second kappa shape index (κ2) is 7.07. The molecule has 1 fully saturated rings. The first-order chi connectivity index (χ1) is 10.7. The Morgan fingerprint density at radius 3 is 2.86 bits per heavy atom. The number of piperidine rings is 1. The van der Waals surface area contributed by atoms with Gasteiger partial charge in [-0.15, -0.1) is 0 Å². The van der Waals surface area contributed by atoms with Crippen LogP contribution in [0.2, 0.25) is 5.02 Å². The maximum absolute atomic E-state index is 5.97. The Morgan fingerprint density at radius 2 is 2.14 bits per heavy atom. The Morgan fingerprint density at radius 1 is 1.32 bits per heavy atom. The summed E-state index contributed by atoms with van der Waals surface area (Å²) in [5.74, 6) is 0.758. The molecule has 0 unspecified atom stereocenters. The number of aryl methyl sites for hydroxylation is 1. The summed E-state index contributed by atoms with van der Waals surface area (Å²) in [7, 11) is 0. The van der Waals surface area contributed by atoms with Crippen molar-refractivity contribution in [1.29, 1.82) is 0 Å². The molecular weight excluding hydrogens is 298 g/mol. The molecule has 5 heteroatoms. The van der Waals surface area contributed by atoms with E-state index in [4.69, 9.17) is 16.3 Å². The summed E-state index contributed by atoms with van der Waals surface area (Å²) in [6, 6.07) is 5.98. The average Bonchev–Trinajstić information content (AvgIpc) is 2.52. The van der Waals surface area contributed by atoms with E-state index in [-0.39, 0.29) is 6.10 Å². The fraction of sp³-hybridized carbons (Fsp3) is 0.412. The number of hydrogen-bond donors (Lipinski definition) is 0.